The van der Waals surface area contributed by atoms with E-state index in [0.29, 0.717) is 26.2 Å². The first kappa shape index (κ1) is 30.3. The number of aromatic nitrogens is 2. The second-order valence-corrected chi connectivity index (χ2v) is 11.6. The van der Waals surface area contributed by atoms with Crippen LogP contribution in [0.3, 0.4) is 0 Å². The van der Waals surface area contributed by atoms with Crippen molar-refractivity contribution >= 4 is 11.7 Å². The molecule has 2 atom stereocenters. The number of aryl methyl sites for hydroxylation is 2. The van der Waals surface area contributed by atoms with Crippen molar-refractivity contribution in [2.75, 3.05) is 26.3 Å². The lowest BCUT2D eigenvalue weighted by Gasteiger charge is -2.28. The summed E-state index contributed by atoms with van der Waals surface area (Å²) in [4.78, 5) is 46.1. The Morgan fingerprint density at radius 1 is 1.05 bits per heavy atom. The Morgan fingerprint density at radius 2 is 1.76 bits per heavy atom. The number of ether oxygens (including phenoxy) is 1. The van der Waals surface area contributed by atoms with Gasteiger partial charge in [0.2, 0.25) is 5.91 Å². The molecule has 1 amide bonds. The van der Waals surface area contributed by atoms with Crippen LogP contribution in [-0.4, -0.2) is 52.4 Å². The number of rotatable bonds is 11. The molecule has 1 N–H and O–H groups in total. The van der Waals surface area contributed by atoms with Gasteiger partial charge in [0.1, 0.15) is 11.8 Å². The first-order chi connectivity index (χ1) is 19.6. The summed E-state index contributed by atoms with van der Waals surface area (Å²) < 4.78 is 7.02. The molecule has 0 saturated carbocycles. The van der Waals surface area contributed by atoms with Crippen LogP contribution in [0.25, 0.3) is 11.1 Å². The number of pyridine rings is 2. The third-order valence-corrected chi connectivity index (χ3v) is 7.58. The van der Waals surface area contributed by atoms with Crippen molar-refractivity contribution in [3.63, 3.8) is 0 Å². The van der Waals surface area contributed by atoms with Crippen LogP contribution in [-0.2, 0) is 20.9 Å². The molecule has 41 heavy (non-hydrogen) atoms. The van der Waals surface area contributed by atoms with Crippen LogP contribution in [0.1, 0.15) is 68.0 Å². The molecule has 0 bridgehead atoms. The normalized spacial score (nSPS) is 15.5. The van der Waals surface area contributed by atoms with E-state index in [9.17, 15) is 14.4 Å². The number of nitrogens with zero attached hydrogens (tertiary/aromatic N) is 3. The smallest absolute Gasteiger partial charge is 0.251 e. The maximum absolute atomic E-state index is 13.9. The second kappa shape index (κ2) is 13.8. The Balaban J connectivity index is 1.64. The van der Waals surface area contributed by atoms with Crippen LogP contribution in [0.4, 0.5) is 0 Å². The van der Waals surface area contributed by atoms with Crippen LogP contribution in [0.2, 0.25) is 0 Å². The third-order valence-electron chi connectivity index (χ3n) is 7.58. The minimum atomic E-state index is -0.712. The largest absolute Gasteiger partial charge is 0.379 e. The number of carbonyl (C=O) groups is 2. The number of carbonyl (C=O) groups excluding carboxylic acids is 2. The molecular weight excluding hydrogens is 516 g/mol. The molecule has 4 rings (SSSR count). The van der Waals surface area contributed by atoms with E-state index < -0.39 is 12.1 Å². The molecule has 1 unspecified atom stereocenters. The Hall–Kier alpha value is -3.62. The van der Waals surface area contributed by atoms with Crippen molar-refractivity contribution in [1.82, 2.24) is 19.8 Å². The molecular formula is C33H42N4O4. The van der Waals surface area contributed by atoms with Gasteiger partial charge >= 0.3 is 0 Å². The molecule has 218 valence electrons. The van der Waals surface area contributed by atoms with Gasteiger partial charge in [-0.2, -0.15) is 0 Å². The van der Waals surface area contributed by atoms with Gasteiger partial charge < -0.3 is 14.6 Å². The van der Waals surface area contributed by atoms with E-state index in [2.05, 4.69) is 41.2 Å². The van der Waals surface area contributed by atoms with E-state index >= 15 is 0 Å². The SMILES string of the molecule is CC(=O)C[C@H](NC(=O)C(CC(C)C)n1cc(CN2CCOCC2)ccc1=O)c1cncc(-c2c(C)cccc2C)c1. The summed E-state index contributed by atoms with van der Waals surface area (Å²) >= 11 is 0. The molecule has 0 aliphatic carbocycles. The van der Waals surface area contributed by atoms with Crippen molar-refractivity contribution in [1.29, 1.82) is 0 Å². The highest BCUT2D eigenvalue weighted by Gasteiger charge is 2.27. The van der Waals surface area contributed by atoms with Crippen LogP contribution in [0, 0.1) is 19.8 Å². The summed E-state index contributed by atoms with van der Waals surface area (Å²) in [5, 5.41) is 3.12. The Labute approximate surface area is 242 Å². The Bertz CT molecular complexity index is 1400. The first-order valence-electron chi connectivity index (χ1n) is 14.4. The fourth-order valence-corrected chi connectivity index (χ4v) is 5.56. The van der Waals surface area contributed by atoms with Gasteiger partial charge in [0.05, 0.1) is 19.3 Å². The van der Waals surface area contributed by atoms with E-state index in [1.807, 2.05) is 44.4 Å². The topological polar surface area (TPSA) is 93.5 Å². The highest BCUT2D eigenvalue weighted by atomic mass is 16.5. The summed E-state index contributed by atoms with van der Waals surface area (Å²) in [6.45, 7) is 13.4. The molecule has 1 aliphatic rings. The number of hydrogen-bond donors (Lipinski definition) is 1. The fourth-order valence-electron chi connectivity index (χ4n) is 5.56. The van der Waals surface area contributed by atoms with Gasteiger partial charge in [0.25, 0.3) is 5.56 Å². The lowest BCUT2D eigenvalue weighted by atomic mass is 9.94. The van der Waals surface area contributed by atoms with E-state index in [1.54, 1.807) is 16.8 Å². The minimum absolute atomic E-state index is 0.0436. The molecule has 8 heteroatoms. The molecule has 1 aliphatic heterocycles. The van der Waals surface area contributed by atoms with Crippen LogP contribution in [0.15, 0.2) is 59.8 Å². The highest BCUT2D eigenvalue weighted by molar-refractivity contribution is 5.83. The average molecular weight is 559 g/mol. The molecule has 2 aromatic heterocycles. The van der Waals surface area contributed by atoms with Gasteiger partial charge in [0.15, 0.2) is 0 Å². The van der Waals surface area contributed by atoms with Gasteiger partial charge in [0, 0.05) is 56.3 Å². The van der Waals surface area contributed by atoms with Crippen molar-refractivity contribution < 1.29 is 14.3 Å². The van der Waals surface area contributed by atoms with E-state index in [0.717, 1.165) is 46.5 Å². The summed E-state index contributed by atoms with van der Waals surface area (Å²) in [6, 6.07) is 10.2. The summed E-state index contributed by atoms with van der Waals surface area (Å²) in [7, 11) is 0. The van der Waals surface area contributed by atoms with Gasteiger partial charge in [-0.25, -0.2) is 0 Å². The second-order valence-electron chi connectivity index (χ2n) is 11.6. The number of hydrogen-bond acceptors (Lipinski definition) is 6. The Kier molecular flexibility index (Phi) is 10.2. The highest BCUT2D eigenvalue weighted by Crippen LogP contribution is 2.30. The standard InChI is InChI=1S/C33H42N4O4/c1-22(2)15-30(37-21-26(9-10-31(37)39)20-36-11-13-41-14-12-36)33(40)35-29(16-25(5)38)27-17-28(19-34-18-27)32-23(3)7-6-8-24(32)4/h6-10,17-19,21-22,29-30H,11-16,20H2,1-5H3,(H,35,40)/t29-,30?/m0/s1. The molecule has 3 aromatic rings. The van der Waals surface area contributed by atoms with Crippen LogP contribution < -0.4 is 10.9 Å². The van der Waals surface area contributed by atoms with Crippen molar-refractivity contribution in [3.05, 3.63) is 87.6 Å². The monoisotopic (exact) mass is 558 g/mol. The molecule has 0 radical (unpaired) electrons. The zero-order valence-corrected chi connectivity index (χ0v) is 24.9. The van der Waals surface area contributed by atoms with Crippen LogP contribution >= 0.6 is 0 Å². The minimum Gasteiger partial charge on any atom is -0.379 e. The molecule has 3 heterocycles. The van der Waals surface area contributed by atoms with Crippen molar-refractivity contribution in [2.24, 2.45) is 5.92 Å². The molecule has 8 nitrogen and oxygen atoms in total. The van der Waals surface area contributed by atoms with Gasteiger partial charge in [-0.05, 0) is 67.0 Å². The quantitative estimate of drug-likeness (QED) is 0.364. The molecule has 1 saturated heterocycles. The number of morpholine rings is 1. The number of ketones is 1. The predicted octanol–water partition coefficient (Wildman–Crippen LogP) is 4.78. The molecule has 0 spiro atoms. The van der Waals surface area contributed by atoms with Crippen LogP contribution in [0.5, 0.6) is 0 Å². The average Bonchev–Trinajstić information content (AvgIpc) is 2.93. The maximum Gasteiger partial charge on any atom is 0.251 e. The summed E-state index contributed by atoms with van der Waals surface area (Å²) in [5.74, 6) is -0.160. The van der Waals surface area contributed by atoms with Gasteiger partial charge in [-0.15, -0.1) is 0 Å². The van der Waals surface area contributed by atoms with Crippen molar-refractivity contribution in [3.8, 4) is 11.1 Å². The summed E-state index contributed by atoms with van der Waals surface area (Å²) in [6.07, 6.45) is 5.95. The lowest BCUT2D eigenvalue weighted by Crippen LogP contribution is -2.40. The predicted molar refractivity (Wildman–Crippen MR) is 161 cm³/mol. The van der Waals surface area contributed by atoms with Gasteiger partial charge in [-0.1, -0.05) is 38.1 Å². The van der Waals surface area contributed by atoms with Gasteiger partial charge in [-0.3, -0.25) is 24.3 Å². The number of Topliss-reactive ketones (excluding diaryl/α,β-unsaturated/α-hetero) is 1. The van der Waals surface area contributed by atoms with E-state index in [4.69, 9.17) is 4.74 Å². The zero-order chi connectivity index (χ0) is 29.5. The maximum atomic E-state index is 13.9. The third kappa shape index (κ3) is 7.99. The number of benzene rings is 1. The fraction of sp³-hybridized carbons (Fsp3) is 0.455. The van der Waals surface area contributed by atoms with Crippen molar-refractivity contribution in [2.45, 2.75) is 66.1 Å². The number of nitrogens with one attached hydrogen (secondary N) is 1. The molecule has 1 fully saturated rings. The van der Waals surface area contributed by atoms with E-state index in [1.165, 1.54) is 6.92 Å². The Morgan fingerprint density at radius 3 is 2.41 bits per heavy atom. The number of amides is 1. The summed E-state index contributed by atoms with van der Waals surface area (Å²) in [5.41, 5.74) is 5.79. The molecule has 1 aromatic carbocycles. The lowest BCUT2D eigenvalue weighted by molar-refractivity contribution is -0.126. The zero-order valence-electron chi connectivity index (χ0n) is 24.9. The van der Waals surface area contributed by atoms with E-state index in [-0.39, 0.29) is 29.6 Å². The first-order valence-corrected chi connectivity index (χ1v) is 14.4.